The van der Waals surface area contributed by atoms with E-state index in [0.717, 1.165) is 36.2 Å². The molecule has 2 saturated carbocycles. The highest BCUT2D eigenvalue weighted by Gasteiger charge is 2.60. The Morgan fingerprint density at radius 1 is 1.19 bits per heavy atom. The molecule has 4 aliphatic rings. The number of sulfonamides is 2. The number of amidine groups is 1. The Bertz CT molecular complexity index is 1370. The summed E-state index contributed by atoms with van der Waals surface area (Å²) in [7, 11) is -6.56. The molecule has 5 atom stereocenters. The lowest BCUT2D eigenvalue weighted by atomic mass is 9.73. The number of likely N-dealkylation sites (tertiary alicyclic amines) is 1. The van der Waals surface area contributed by atoms with E-state index in [2.05, 4.69) is 23.6 Å². The zero-order chi connectivity index (χ0) is 26.2. The Hall–Kier alpha value is -2.47. The lowest BCUT2D eigenvalue weighted by Crippen LogP contribution is -2.62. The maximum atomic E-state index is 13.8. The molecule has 12 heteroatoms. The van der Waals surface area contributed by atoms with E-state index in [1.807, 2.05) is 4.90 Å². The van der Waals surface area contributed by atoms with Crippen LogP contribution in [0.5, 0.6) is 0 Å². The van der Waals surface area contributed by atoms with Crippen LogP contribution in [0.3, 0.4) is 0 Å². The number of rotatable bonds is 6. The molecular weight excluding hydrogens is 504 g/mol. The average Bonchev–Trinajstić information content (AvgIpc) is 3.39. The van der Waals surface area contributed by atoms with Gasteiger partial charge in [-0.25, -0.2) is 8.42 Å². The third kappa shape index (κ3) is 4.02. The van der Waals surface area contributed by atoms with Crippen LogP contribution in [0.2, 0.25) is 0 Å². The zero-order valence-electron chi connectivity index (χ0n) is 20.8. The first-order valence-corrected chi connectivity index (χ1v) is 15.6. The SMILES string of the molecule is CC(C)CCN1C(=O)C(C2=NS(=O)(=O)c3cc(N(C)S(C)(=O)=O)ccc3N2)C(=O)[C@@H]2[C@H]3CC[C@H](C3)[C@@H]21. The van der Waals surface area contributed by atoms with Crippen LogP contribution >= 0.6 is 0 Å². The number of hydrogen-bond donors (Lipinski definition) is 1. The van der Waals surface area contributed by atoms with Gasteiger partial charge in [-0.05, 0) is 61.6 Å². The molecule has 1 aromatic rings. The largest absolute Gasteiger partial charge is 0.341 e. The van der Waals surface area contributed by atoms with Crippen LogP contribution in [0.1, 0.15) is 39.5 Å². The average molecular weight is 537 g/mol. The van der Waals surface area contributed by atoms with Gasteiger partial charge in [-0.2, -0.15) is 8.42 Å². The number of nitrogens with zero attached hydrogens (tertiary/aromatic N) is 3. The summed E-state index contributed by atoms with van der Waals surface area (Å²) >= 11 is 0. The van der Waals surface area contributed by atoms with E-state index < -0.39 is 26.0 Å². The van der Waals surface area contributed by atoms with Crippen LogP contribution in [-0.2, 0) is 29.6 Å². The highest BCUT2D eigenvalue weighted by atomic mass is 32.2. The number of benzene rings is 1. The number of fused-ring (bicyclic) bond motifs is 6. The minimum atomic E-state index is -4.28. The van der Waals surface area contributed by atoms with Gasteiger partial charge in [0, 0.05) is 25.6 Å². The molecule has 2 aliphatic carbocycles. The standard InChI is InChI=1S/C24H32N4O6S2/c1-13(2)9-10-28-21-15-6-5-14(11-15)19(21)22(29)20(24(28)30)23-25-17-8-7-16(27(3)35(4,31)32)12-18(17)36(33,34)26-23/h7-8,12-15,19-21H,5-6,9-11H2,1-4H3,(H,25,26)/t14-,15+,19+,20?,21-/m0/s1. The molecule has 1 aromatic carbocycles. The fourth-order valence-electron chi connectivity index (χ4n) is 6.32. The first-order chi connectivity index (χ1) is 16.8. The van der Waals surface area contributed by atoms with Crippen LogP contribution in [0.4, 0.5) is 11.4 Å². The summed E-state index contributed by atoms with van der Waals surface area (Å²) in [5, 5.41) is 2.93. The molecule has 196 valence electrons. The van der Waals surface area contributed by atoms with Crippen molar-refractivity contribution in [2.75, 3.05) is 29.5 Å². The van der Waals surface area contributed by atoms with E-state index in [4.69, 9.17) is 0 Å². The van der Waals surface area contributed by atoms with Crippen LogP contribution < -0.4 is 9.62 Å². The number of carbonyl (C=O) groups is 2. The second-order valence-electron chi connectivity index (χ2n) is 10.9. The third-order valence-electron chi connectivity index (χ3n) is 8.18. The zero-order valence-corrected chi connectivity index (χ0v) is 22.5. The molecule has 1 unspecified atom stereocenters. The fraction of sp³-hybridized carbons (Fsp3) is 0.625. The maximum Gasteiger partial charge on any atom is 0.286 e. The summed E-state index contributed by atoms with van der Waals surface area (Å²) in [5.74, 6) is -1.47. The maximum absolute atomic E-state index is 13.8. The number of piperidine rings is 1. The van der Waals surface area contributed by atoms with Crippen LogP contribution in [0.15, 0.2) is 27.5 Å². The van der Waals surface area contributed by atoms with Crippen molar-refractivity contribution in [3.05, 3.63) is 18.2 Å². The number of amides is 1. The first-order valence-electron chi connectivity index (χ1n) is 12.3. The van der Waals surface area contributed by atoms with Gasteiger partial charge in [-0.15, -0.1) is 4.40 Å². The molecule has 2 bridgehead atoms. The van der Waals surface area contributed by atoms with Gasteiger partial charge in [-0.3, -0.25) is 13.9 Å². The first kappa shape index (κ1) is 25.2. The highest BCUT2D eigenvalue weighted by Crippen LogP contribution is 2.54. The summed E-state index contributed by atoms with van der Waals surface area (Å²) in [4.78, 5) is 29.1. The Balaban J connectivity index is 1.52. The van der Waals surface area contributed by atoms with Crippen molar-refractivity contribution >= 4 is 48.9 Å². The summed E-state index contributed by atoms with van der Waals surface area (Å²) in [5.41, 5.74) is 0.324. The van der Waals surface area contributed by atoms with E-state index in [1.54, 1.807) is 0 Å². The number of carbonyl (C=O) groups excluding carboxylic acids is 2. The van der Waals surface area contributed by atoms with E-state index in [9.17, 15) is 26.4 Å². The summed E-state index contributed by atoms with van der Waals surface area (Å²) in [6.07, 6.45) is 4.71. The van der Waals surface area contributed by atoms with Gasteiger partial charge >= 0.3 is 0 Å². The van der Waals surface area contributed by atoms with Crippen LogP contribution in [-0.4, -0.2) is 65.2 Å². The van der Waals surface area contributed by atoms with E-state index >= 15 is 0 Å². The second-order valence-corrected chi connectivity index (χ2v) is 14.5. The van der Waals surface area contributed by atoms with Gasteiger partial charge in [0.15, 0.2) is 11.7 Å². The molecule has 1 amide bonds. The van der Waals surface area contributed by atoms with Crippen LogP contribution in [0.25, 0.3) is 0 Å². The molecule has 0 spiro atoms. The number of hydrogen-bond acceptors (Lipinski definition) is 7. The van der Waals surface area contributed by atoms with E-state index in [-0.39, 0.29) is 51.7 Å². The Morgan fingerprint density at radius 2 is 1.89 bits per heavy atom. The van der Waals surface area contributed by atoms with Crippen molar-refractivity contribution in [3.63, 3.8) is 0 Å². The van der Waals surface area contributed by atoms with Crippen molar-refractivity contribution in [3.8, 4) is 0 Å². The van der Waals surface area contributed by atoms with Crippen molar-refractivity contribution < 1.29 is 26.4 Å². The van der Waals surface area contributed by atoms with Crippen molar-refractivity contribution in [2.45, 2.75) is 50.5 Å². The highest BCUT2D eigenvalue weighted by molar-refractivity contribution is 7.92. The van der Waals surface area contributed by atoms with Crippen molar-refractivity contribution in [2.24, 2.45) is 34.0 Å². The van der Waals surface area contributed by atoms with Gasteiger partial charge in [-0.1, -0.05) is 13.8 Å². The quantitative estimate of drug-likeness (QED) is 0.550. The van der Waals surface area contributed by atoms with Gasteiger partial charge in [0.1, 0.15) is 10.7 Å². The summed E-state index contributed by atoms with van der Waals surface area (Å²) in [6, 6.07) is 4.02. The number of nitrogens with one attached hydrogen (secondary N) is 1. The molecule has 3 fully saturated rings. The predicted molar refractivity (Wildman–Crippen MR) is 136 cm³/mol. The van der Waals surface area contributed by atoms with E-state index in [0.29, 0.717) is 18.4 Å². The molecule has 5 rings (SSSR count). The molecular formula is C24H32N4O6S2. The lowest BCUT2D eigenvalue weighted by Gasteiger charge is -2.46. The van der Waals surface area contributed by atoms with Gasteiger partial charge in [0.05, 0.1) is 17.6 Å². The molecule has 0 aromatic heterocycles. The molecule has 0 radical (unpaired) electrons. The van der Waals surface area contributed by atoms with Crippen molar-refractivity contribution in [1.82, 2.24) is 4.90 Å². The predicted octanol–water partition coefficient (Wildman–Crippen LogP) is 2.08. The normalized spacial score (nSPS) is 30.6. The molecule has 36 heavy (non-hydrogen) atoms. The smallest absolute Gasteiger partial charge is 0.286 e. The lowest BCUT2D eigenvalue weighted by molar-refractivity contribution is -0.152. The minimum Gasteiger partial charge on any atom is -0.341 e. The van der Waals surface area contributed by atoms with E-state index in [1.165, 1.54) is 25.2 Å². The fourth-order valence-corrected chi connectivity index (χ4v) is 8.00. The Labute approximate surface area is 212 Å². The second kappa shape index (κ2) is 8.54. The Kier molecular flexibility index (Phi) is 5.98. The number of Topliss-reactive ketones (excluding diaryl/α,β-unsaturated/α-hetero) is 1. The van der Waals surface area contributed by atoms with Crippen LogP contribution in [0, 0.1) is 29.6 Å². The summed E-state index contributed by atoms with van der Waals surface area (Å²) < 4.78 is 55.1. The van der Waals surface area contributed by atoms with Gasteiger partial charge in [0.25, 0.3) is 10.0 Å². The van der Waals surface area contributed by atoms with Gasteiger partial charge in [0.2, 0.25) is 15.9 Å². The molecule has 2 aliphatic heterocycles. The van der Waals surface area contributed by atoms with Gasteiger partial charge < -0.3 is 10.2 Å². The molecule has 10 nitrogen and oxygen atoms in total. The Morgan fingerprint density at radius 3 is 2.56 bits per heavy atom. The molecule has 1 N–H and O–H groups in total. The summed E-state index contributed by atoms with van der Waals surface area (Å²) in [6.45, 7) is 4.70. The topological polar surface area (TPSA) is 133 Å². The van der Waals surface area contributed by atoms with Crippen molar-refractivity contribution in [1.29, 1.82) is 0 Å². The minimum absolute atomic E-state index is 0.110. The third-order valence-corrected chi connectivity index (χ3v) is 10.7. The number of anilines is 2. The monoisotopic (exact) mass is 536 g/mol. The molecule has 1 saturated heterocycles. The molecule has 2 heterocycles. The number of ketones is 1.